The third-order valence-corrected chi connectivity index (χ3v) is 4.41. The number of hydrogen-bond donors (Lipinski definition) is 3. The summed E-state index contributed by atoms with van der Waals surface area (Å²) in [5.74, 6) is -1.05. The predicted molar refractivity (Wildman–Crippen MR) is 98.4 cm³/mol. The predicted octanol–water partition coefficient (Wildman–Crippen LogP) is 1.99. The highest BCUT2D eigenvalue weighted by Gasteiger charge is 2.24. The minimum absolute atomic E-state index is 0.119. The molecular formula is C19H26FN3O3. The molecule has 0 saturated carbocycles. The standard InChI is InChI=1S/C19H26FN3O3/c1-12(2)17(18(21)25)22-19(26)15-11-23(9-5-6-13(24)10-20)16-8-4-3-7-14(15)16/h3-4,7-8,11-13,17,24H,5-6,9-10H2,1-2H3,(H2,21,25)(H,22,26). The summed E-state index contributed by atoms with van der Waals surface area (Å²) in [5.41, 5.74) is 6.70. The number of hydrogen-bond acceptors (Lipinski definition) is 3. The molecule has 0 aliphatic heterocycles. The Morgan fingerprint density at radius 3 is 2.62 bits per heavy atom. The second-order valence-electron chi connectivity index (χ2n) is 6.80. The molecule has 0 fully saturated rings. The lowest BCUT2D eigenvalue weighted by molar-refractivity contribution is -0.120. The van der Waals surface area contributed by atoms with Crippen molar-refractivity contribution < 1.29 is 19.1 Å². The molecule has 0 spiro atoms. The van der Waals surface area contributed by atoms with Gasteiger partial charge >= 0.3 is 0 Å². The van der Waals surface area contributed by atoms with E-state index in [2.05, 4.69) is 5.32 Å². The monoisotopic (exact) mass is 363 g/mol. The van der Waals surface area contributed by atoms with Gasteiger partial charge in [-0.3, -0.25) is 9.59 Å². The summed E-state index contributed by atoms with van der Waals surface area (Å²) in [6.45, 7) is 3.42. The number of aryl methyl sites for hydroxylation is 1. The first-order valence-electron chi connectivity index (χ1n) is 8.77. The van der Waals surface area contributed by atoms with Gasteiger partial charge in [0.1, 0.15) is 12.7 Å². The lowest BCUT2D eigenvalue weighted by atomic mass is 10.0. The number of nitrogens with zero attached hydrogens (tertiary/aromatic N) is 1. The van der Waals surface area contributed by atoms with Crippen molar-refractivity contribution >= 4 is 22.7 Å². The molecular weight excluding hydrogens is 337 g/mol. The highest BCUT2D eigenvalue weighted by atomic mass is 19.1. The van der Waals surface area contributed by atoms with Crippen LogP contribution in [0.4, 0.5) is 4.39 Å². The number of para-hydroxylation sites is 1. The number of aliphatic hydroxyl groups excluding tert-OH is 1. The first-order valence-corrected chi connectivity index (χ1v) is 8.77. The first kappa shape index (κ1) is 19.9. The SMILES string of the molecule is CC(C)C(NC(=O)c1cn(CCCC(O)CF)c2ccccc12)C(N)=O. The van der Waals surface area contributed by atoms with Crippen LogP contribution in [0.25, 0.3) is 10.9 Å². The van der Waals surface area contributed by atoms with Gasteiger partial charge < -0.3 is 20.7 Å². The number of aromatic nitrogens is 1. The number of carbonyl (C=O) groups is 2. The van der Waals surface area contributed by atoms with Crippen molar-refractivity contribution in [2.24, 2.45) is 11.7 Å². The van der Waals surface area contributed by atoms with Crippen molar-refractivity contribution in [2.45, 2.75) is 45.4 Å². The number of nitrogens with two attached hydrogens (primary N) is 1. The molecule has 1 aromatic carbocycles. The molecule has 6 nitrogen and oxygen atoms in total. The molecule has 26 heavy (non-hydrogen) atoms. The average molecular weight is 363 g/mol. The van der Waals surface area contributed by atoms with Crippen LogP contribution in [0.3, 0.4) is 0 Å². The van der Waals surface area contributed by atoms with Crippen LogP contribution in [-0.4, -0.2) is 40.3 Å². The van der Waals surface area contributed by atoms with Crippen molar-refractivity contribution in [1.29, 1.82) is 0 Å². The van der Waals surface area contributed by atoms with Crippen molar-refractivity contribution in [2.75, 3.05) is 6.67 Å². The molecule has 0 saturated heterocycles. The summed E-state index contributed by atoms with van der Waals surface area (Å²) in [6, 6.07) is 6.70. The van der Waals surface area contributed by atoms with Gasteiger partial charge in [0.2, 0.25) is 5.91 Å². The van der Waals surface area contributed by atoms with Crippen molar-refractivity contribution in [3.05, 3.63) is 36.0 Å². The Labute approximate surface area is 152 Å². The summed E-state index contributed by atoms with van der Waals surface area (Å²) < 4.78 is 14.3. The van der Waals surface area contributed by atoms with E-state index in [1.807, 2.05) is 42.7 Å². The van der Waals surface area contributed by atoms with Crippen LogP contribution in [-0.2, 0) is 11.3 Å². The van der Waals surface area contributed by atoms with Crippen LogP contribution in [0.2, 0.25) is 0 Å². The van der Waals surface area contributed by atoms with Crippen LogP contribution >= 0.6 is 0 Å². The maximum atomic E-state index is 12.7. The number of alkyl halides is 1. The minimum Gasteiger partial charge on any atom is -0.390 e. The second kappa shape index (κ2) is 8.80. The highest BCUT2D eigenvalue weighted by Crippen LogP contribution is 2.22. The number of fused-ring (bicyclic) bond motifs is 1. The maximum absolute atomic E-state index is 12.7. The van der Waals surface area contributed by atoms with Crippen LogP contribution in [0.1, 0.15) is 37.0 Å². The Balaban J connectivity index is 2.24. The number of rotatable bonds is 9. The lowest BCUT2D eigenvalue weighted by Gasteiger charge is -2.18. The lowest BCUT2D eigenvalue weighted by Crippen LogP contribution is -2.47. The Morgan fingerprint density at radius 2 is 2.00 bits per heavy atom. The van der Waals surface area contributed by atoms with E-state index in [-0.39, 0.29) is 11.8 Å². The number of primary amides is 1. The zero-order chi connectivity index (χ0) is 19.3. The number of halogens is 1. The molecule has 2 amide bonds. The van der Waals surface area contributed by atoms with Crippen molar-refractivity contribution in [1.82, 2.24) is 9.88 Å². The molecule has 0 bridgehead atoms. The quantitative estimate of drug-likeness (QED) is 0.635. The third-order valence-electron chi connectivity index (χ3n) is 4.41. The largest absolute Gasteiger partial charge is 0.390 e. The van der Waals surface area contributed by atoms with Gasteiger partial charge in [-0.05, 0) is 24.8 Å². The van der Waals surface area contributed by atoms with Crippen LogP contribution in [0.15, 0.2) is 30.5 Å². The van der Waals surface area contributed by atoms with E-state index in [0.29, 0.717) is 24.9 Å². The van der Waals surface area contributed by atoms with E-state index in [4.69, 9.17) is 5.73 Å². The summed E-state index contributed by atoms with van der Waals surface area (Å²) in [4.78, 5) is 24.3. The van der Waals surface area contributed by atoms with Gasteiger partial charge in [0, 0.05) is 23.6 Å². The Kier molecular flexibility index (Phi) is 6.74. The zero-order valence-corrected chi connectivity index (χ0v) is 15.1. The molecule has 2 unspecified atom stereocenters. The van der Waals surface area contributed by atoms with Gasteiger partial charge in [0.25, 0.3) is 5.91 Å². The number of aliphatic hydroxyl groups is 1. The first-order chi connectivity index (χ1) is 12.3. The molecule has 142 valence electrons. The summed E-state index contributed by atoms with van der Waals surface area (Å²) in [6.07, 6.45) is 1.70. The van der Waals surface area contributed by atoms with E-state index in [9.17, 15) is 19.1 Å². The van der Waals surface area contributed by atoms with E-state index in [0.717, 1.165) is 10.9 Å². The Bertz CT molecular complexity index is 772. The number of amides is 2. The summed E-state index contributed by atoms with van der Waals surface area (Å²) >= 11 is 0. The zero-order valence-electron chi connectivity index (χ0n) is 15.1. The van der Waals surface area contributed by atoms with Gasteiger partial charge in [-0.1, -0.05) is 32.0 Å². The minimum atomic E-state index is -0.957. The Hall–Kier alpha value is -2.41. The topological polar surface area (TPSA) is 97.3 Å². The van der Waals surface area contributed by atoms with Gasteiger partial charge in [0.15, 0.2) is 0 Å². The van der Waals surface area contributed by atoms with E-state index < -0.39 is 24.7 Å². The van der Waals surface area contributed by atoms with E-state index in [1.165, 1.54) is 0 Å². The normalized spacial score (nSPS) is 13.7. The molecule has 2 rings (SSSR count). The molecule has 4 N–H and O–H groups in total. The highest BCUT2D eigenvalue weighted by molar-refractivity contribution is 6.08. The van der Waals surface area contributed by atoms with Crippen molar-refractivity contribution in [3.8, 4) is 0 Å². The number of nitrogens with one attached hydrogen (secondary N) is 1. The van der Waals surface area contributed by atoms with E-state index in [1.54, 1.807) is 6.20 Å². The number of benzene rings is 1. The maximum Gasteiger partial charge on any atom is 0.254 e. The van der Waals surface area contributed by atoms with Gasteiger partial charge in [-0.25, -0.2) is 4.39 Å². The van der Waals surface area contributed by atoms with Crippen LogP contribution in [0.5, 0.6) is 0 Å². The van der Waals surface area contributed by atoms with Crippen LogP contribution in [0, 0.1) is 5.92 Å². The smallest absolute Gasteiger partial charge is 0.254 e. The fourth-order valence-corrected chi connectivity index (χ4v) is 2.97. The summed E-state index contributed by atoms with van der Waals surface area (Å²) in [7, 11) is 0. The Morgan fingerprint density at radius 1 is 1.31 bits per heavy atom. The molecule has 2 aromatic rings. The molecule has 1 aromatic heterocycles. The molecule has 1 heterocycles. The molecule has 2 atom stereocenters. The summed E-state index contributed by atoms with van der Waals surface area (Å²) in [5, 5.41) is 12.8. The van der Waals surface area contributed by atoms with Crippen molar-refractivity contribution in [3.63, 3.8) is 0 Å². The molecule has 0 aliphatic carbocycles. The van der Waals surface area contributed by atoms with Crippen LogP contribution < -0.4 is 11.1 Å². The van der Waals surface area contributed by atoms with Gasteiger partial charge in [-0.15, -0.1) is 0 Å². The fraction of sp³-hybridized carbons (Fsp3) is 0.474. The molecule has 0 aliphatic rings. The number of carbonyl (C=O) groups excluding carboxylic acids is 2. The van der Waals surface area contributed by atoms with Gasteiger partial charge in [0.05, 0.1) is 11.7 Å². The van der Waals surface area contributed by atoms with E-state index >= 15 is 0 Å². The second-order valence-corrected chi connectivity index (χ2v) is 6.80. The average Bonchev–Trinajstić information content (AvgIpc) is 2.97. The fourth-order valence-electron chi connectivity index (χ4n) is 2.97. The van der Waals surface area contributed by atoms with Gasteiger partial charge in [-0.2, -0.15) is 0 Å². The molecule has 7 heteroatoms. The molecule has 0 radical (unpaired) electrons. The third kappa shape index (κ3) is 4.60.